The van der Waals surface area contributed by atoms with Crippen LogP contribution in [0.1, 0.15) is 38.5 Å². The molecule has 1 atom stereocenters. The number of nitrogens with one attached hydrogen (secondary N) is 1. The summed E-state index contributed by atoms with van der Waals surface area (Å²) in [4.78, 5) is 32.2. The normalized spacial score (nSPS) is 12.0. The van der Waals surface area contributed by atoms with Gasteiger partial charge in [-0.1, -0.05) is 30.3 Å². The first-order valence-electron chi connectivity index (χ1n) is 11.0. The molecule has 0 fully saturated rings. The zero-order valence-electron chi connectivity index (χ0n) is 19.1. The summed E-state index contributed by atoms with van der Waals surface area (Å²) in [6.45, 7) is 2.31. The van der Waals surface area contributed by atoms with Crippen molar-refractivity contribution in [2.45, 2.75) is 25.8 Å². The Morgan fingerprint density at radius 2 is 1.94 bits per heavy atom. The number of benzene rings is 1. The van der Waals surface area contributed by atoms with Gasteiger partial charge in [0, 0.05) is 38.9 Å². The molecule has 2 amide bonds. The highest BCUT2D eigenvalue weighted by Gasteiger charge is 2.25. The number of furan rings is 1. The number of aromatic nitrogens is 2. The van der Waals surface area contributed by atoms with Crippen LogP contribution in [0.5, 0.6) is 0 Å². The van der Waals surface area contributed by atoms with E-state index < -0.39 is 0 Å². The third-order valence-electron chi connectivity index (χ3n) is 5.95. The van der Waals surface area contributed by atoms with E-state index in [2.05, 4.69) is 22.4 Å². The SMILES string of the molecule is Cc1cc2occc2nc1C(=O)N(C)[C@H](CCNC(=O)c1cccn1C)Cc1ccccc1. The van der Waals surface area contributed by atoms with Gasteiger partial charge >= 0.3 is 0 Å². The second kappa shape index (κ2) is 9.73. The number of hydrogen-bond donors (Lipinski definition) is 1. The fourth-order valence-electron chi connectivity index (χ4n) is 4.00. The molecule has 0 saturated carbocycles. The summed E-state index contributed by atoms with van der Waals surface area (Å²) in [7, 11) is 3.64. The Balaban J connectivity index is 1.51. The first-order valence-corrected chi connectivity index (χ1v) is 11.0. The van der Waals surface area contributed by atoms with E-state index in [-0.39, 0.29) is 17.9 Å². The minimum atomic E-state index is -0.148. The number of amides is 2. The largest absolute Gasteiger partial charge is 0.463 e. The first-order chi connectivity index (χ1) is 15.9. The Labute approximate surface area is 193 Å². The molecule has 0 aliphatic heterocycles. The van der Waals surface area contributed by atoms with Gasteiger partial charge < -0.3 is 19.2 Å². The number of fused-ring (bicyclic) bond motifs is 1. The molecular weight excluding hydrogens is 416 g/mol. The highest BCUT2D eigenvalue weighted by atomic mass is 16.3. The van der Waals surface area contributed by atoms with Gasteiger partial charge in [-0.15, -0.1) is 0 Å². The van der Waals surface area contributed by atoms with Crippen LogP contribution >= 0.6 is 0 Å². The summed E-state index contributed by atoms with van der Waals surface area (Å²) in [5.74, 6) is -0.275. The molecule has 0 aliphatic carbocycles. The molecule has 7 nitrogen and oxygen atoms in total. The van der Waals surface area contributed by atoms with Gasteiger partial charge in [0.25, 0.3) is 11.8 Å². The maximum atomic E-state index is 13.4. The molecule has 170 valence electrons. The maximum absolute atomic E-state index is 13.4. The average molecular weight is 445 g/mol. The molecule has 7 heteroatoms. The third kappa shape index (κ3) is 4.98. The van der Waals surface area contributed by atoms with Crippen molar-refractivity contribution in [3.05, 3.63) is 89.6 Å². The minimum Gasteiger partial charge on any atom is -0.463 e. The van der Waals surface area contributed by atoms with E-state index in [9.17, 15) is 9.59 Å². The van der Waals surface area contributed by atoms with Gasteiger partial charge in [-0.2, -0.15) is 0 Å². The first kappa shape index (κ1) is 22.3. The molecule has 4 aromatic rings. The zero-order valence-corrected chi connectivity index (χ0v) is 19.1. The Hall–Kier alpha value is -3.87. The van der Waals surface area contributed by atoms with Gasteiger partial charge in [0.15, 0.2) is 5.58 Å². The van der Waals surface area contributed by atoms with Gasteiger partial charge in [-0.05, 0) is 49.1 Å². The van der Waals surface area contributed by atoms with Crippen molar-refractivity contribution in [1.29, 1.82) is 0 Å². The van der Waals surface area contributed by atoms with Crippen LogP contribution in [0.2, 0.25) is 0 Å². The standard InChI is InChI=1S/C26H28N4O3/c1-18-16-23-21(12-15-33-23)28-24(18)26(32)30(3)20(17-19-8-5-4-6-9-19)11-13-27-25(31)22-10-7-14-29(22)2/h4-10,12,14-16,20H,11,13,17H2,1-3H3,(H,27,31)/t20-/m1/s1. The van der Waals surface area contributed by atoms with Crippen LogP contribution in [-0.2, 0) is 13.5 Å². The van der Waals surface area contributed by atoms with Crippen molar-refractivity contribution in [2.24, 2.45) is 7.05 Å². The summed E-state index contributed by atoms with van der Waals surface area (Å²) in [6.07, 6.45) is 4.70. The maximum Gasteiger partial charge on any atom is 0.272 e. The quantitative estimate of drug-likeness (QED) is 0.446. The predicted octanol–water partition coefficient (Wildman–Crippen LogP) is 3.98. The van der Waals surface area contributed by atoms with Crippen molar-refractivity contribution >= 4 is 22.9 Å². The number of aryl methyl sites for hydroxylation is 2. The molecule has 1 N–H and O–H groups in total. The fraction of sp³-hybridized carbons (Fsp3) is 0.269. The molecule has 4 rings (SSSR count). The number of pyridine rings is 1. The number of likely N-dealkylation sites (N-methyl/N-ethyl adjacent to an activating group) is 1. The van der Waals surface area contributed by atoms with E-state index in [1.165, 1.54) is 0 Å². The van der Waals surface area contributed by atoms with Crippen LogP contribution in [0, 0.1) is 6.92 Å². The van der Waals surface area contributed by atoms with Crippen LogP contribution in [0.25, 0.3) is 11.1 Å². The highest BCUT2D eigenvalue weighted by molar-refractivity contribution is 5.96. The average Bonchev–Trinajstić information content (AvgIpc) is 3.45. The van der Waals surface area contributed by atoms with Crippen molar-refractivity contribution in [3.63, 3.8) is 0 Å². The number of carbonyl (C=O) groups is 2. The molecule has 33 heavy (non-hydrogen) atoms. The van der Waals surface area contributed by atoms with E-state index in [4.69, 9.17) is 4.42 Å². The minimum absolute atomic E-state index is 0.116. The Kier molecular flexibility index (Phi) is 6.58. The van der Waals surface area contributed by atoms with Crippen LogP contribution in [0.15, 0.2) is 71.5 Å². The molecule has 1 aromatic carbocycles. The molecular formula is C26H28N4O3. The number of carbonyl (C=O) groups excluding carboxylic acids is 2. The lowest BCUT2D eigenvalue weighted by molar-refractivity contribution is 0.0716. The lowest BCUT2D eigenvalue weighted by atomic mass is 10.0. The van der Waals surface area contributed by atoms with E-state index >= 15 is 0 Å². The smallest absolute Gasteiger partial charge is 0.272 e. The summed E-state index contributed by atoms with van der Waals surface area (Å²) < 4.78 is 7.19. The van der Waals surface area contributed by atoms with E-state index in [1.54, 1.807) is 34.9 Å². The highest BCUT2D eigenvalue weighted by Crippen LogP contribution is 2.20. The summed E-state index contributed by atoms with van der Waals surface area (Å²) in [5, 5.41) is 2.98. The van der Waals surface area contributed by atoms with Crippen molar-refractivity contribution in [3.8, 4) is 0 Å². The van der Waals surface area contributed by atoms with Crippen molar-refractivity contribution < 1.29 is 14.0 Å². The molecule has 0 aliphatic rings. The Morgan fingerprint density at radius 3 is 2.67 bits per heavy atom. The topological polar surface area (TPSA) is 80.4 Å². The predicted molar refractivity (Wildman–Crippen MR) is 127 cm³/mol. The van der Waals surface area contributed by atoms with E-state index in [0.717, 1.165) is 11.1 Å². The van der Waals surface area contributed by atoms with Crippen molar-refractivity contribution in [2.75, 3.05) is 13.6 Å². The van der Waals surface area contributed by atoms with Gasteiger partial charge in [0.05, 0.1) is 6.26 Å². The van der Waals surface area contributed by atoms with Gasteiger partial charge in [-0.3, -0.25) is 9.59 Å². The molecule has 0 spiro atoms. The molecule has 3 aromatic heterocycles. The van der Waals surface area contributed by atoms with Crippen LogP contribution in [0.3, 0.4) is 0 Å². The van der Waals surface area contributed by atoms with E-state index in [1.807, 2.05) is 50.5 Å². The van der Waals surface area contributed by atoms with Crippen LogP contribution in [-0.4, -0.2) is 45.9 Å². The van der Waals surface area contributed by atoms with Crippen molar-refractivity contribution in [1.82, 2.24) is 19.8 Å². The number of rotatable bonds is 8. The lowest BCUT2D eigenvalue weighted by Crippen LogP contribution is -2.41. The summed E-state index contributed by atoms with van der Waals surface area (Å²) >= 11 is 0. The van der Waals surface area contributed by atoms with Crippen LogP contribution < -0.4 is 5.32 Å². The molecule has 0 saturated heterocycles. The third-order valence-corrected chi connectivity index (χ3v) is 5.95. The lowest BCUT2D eigenvalue weighted by Gasteiger charge is -2.29. The molecule has 0 unspecified atom stereocenters. The molecule has 0 radical (unpaired) electrons. The Morgan fingerprint density at radius 1 is 1.15 bits per heavy atom. The zero-order chi connectivity index (χ0) is 23.4. The monoisotopic (exact) mass is 444 g/mol. The van der Waals surface area contributed by atoms with E-state index in [0.29, 0.717) is 41.9 Å². The molecule has 3 heterocycles. The van der Waals surface area contributed by atoms with Gasteiger partial charge in [-0.25, -0.2) is 4.98 Å². The van der Waals surface area contributed by atoms with Crippen LogP contribution in [0.4, 0.5) is 0 Å². The number of nitrogens with zero attached hydrogens (tertiary/aromatic N) is 3. The Bertz CT molecular complexity index is 1260. The second-order valence-corrected chi connectivity index (χ2v) is 8.27. The second-order valence-electron chi connectivity index (χ2n) is 8.27. The summed E-state index contributed by atoms with van der Waals surface area (Å²) in [5.41, 5.74) is 4.24. The fourth-order valence-corrected chi connectivity index (χ4v) is 4.00. The molecule has 0 bridgehead atoms. The number of hydrogen-bond acceptors (Lipinski definition) is 4. The van der Waals surface area contributed by atoms with Gasteiger partial charge in [0.1, 0.15) is 16.9 Å². The summed E-state index contributed by atoms with van der Waals surface area (Å²) in [6, 6.07) is 17.2. The van der Waals surface area contributed by atoms with Gasteiger partial charge in [0.2, 0.25) is 0 Å².